The number of hydrogen-bond acceptors (Lipinski definition) is 1. The summed E-state index contributed by atoms with van der Waals surface area (Å²) in [5.74, 6) is -0.649. The predicted octanol–water partition coefficient (Wildman–Crippen LogP) is 10.3. The molecule has 0 aliphatic rings. The van der Waals surface area contributed by atoms with Crippen molar-refractivity contribution in [2.24, 2.45) is 0 Å². The number of rotatable bonds is 29. The molecule has 0 rings (SSSR count). The smallest absolute Gasteiger partial charge is 0.303 e. The van der Waals surface area contributed by atoms with Crippen molar-refractivity contribution in [1.82, 2.24) is 0 Å². The number of unbranched alkanes of at least 4 members (excludes halogenated alkanes) is 19. The van der Waals surface area contributed by atoms with Crippen LogP contribution in [-0.4, -0.2) is 41.7 Å². The monoisotopic (exact) mass is 497 g/mol. The minimum absolute atomic E-state index is 0.345. The predicted molar refractivity (Wildman–Crippen MR) is 155 cm³/mol. The molecule has 0 fully saturated rings. The van der Waals surface area contributed by atoms with Gasteiger partial charge in [0.15, 0.2) is 0 Å². The zero-order valence-electron chi connectivity index (χ0n) is 24.6. The lowest BCUT2D eigenvalue weighted by Crippen LogP contribution is -2.50. The van der Waals surface area contributed by atoms with E-state index in [4.69, 9.17) is 5.11 Å². The Labute approximate surface area is 221 Å². The third-order valence-electron chi connectivity index (χ3n) is 7.98. The van der Waals surface area contributed by atoms with Crippen LogP contribution in [0.15, 0.2) is 0 Å². The highest BCUT2D eigenvalue weighted by Crippen LogP contribution is 2.18. The Morgan fingerprint density at radius 3 is 0.971 bits per heavy atom. The fraction of sp³-hybridized carbons (Fsp3) is 0.969. The number of aliphatic carboxylic acids is 1. The van der Waals surface area contributed by atoms with Crippen molar-refractivity contribution in [2.75, 3.05) is 26.2 Å². The molecule has 210 valence electrons. The van der Waals surface area contributed by atoms with Gasteiger partial charge in [-0.2, -0.15) is 0 Å². The number of nitrogens with zero attached hydrogens (tertiary/aromatic N) is 1. The van der Waals surface area contributed by atoms with E-state index in [0.717, 1.165) is 12.8 Å². The van der Waals surface area contributed by atoms with E-state index in [-0.39, 0.29) is 0 Å². The zero-order chi connectivity index (χ0) is 25.9. The van der Waals surface area contributed by atoms with Crippen LogP contribution in [0.25, 0.3) is 0 Å². The van der Waals surface area contributed by atoms with E-state index in [1.165, 1.54) is 165 Å². The maximum absolute atomic E-state index is 10.5. The van der Waals surface area contributed by atoms with E-state index in [1.807, 2.05) is 0 Å². The summed E-state index contributed by atoms with van der Waals surface area (Å²) in [6.07, 6.45) is 31.5. The van der Waals surface area contributed by atoms with Crippen molar-refractivity contribution in [3.05, 3.63) is 0 Å². The van der Waals surface area contributed by atoms with Crippen LogP contribution < -0.4 is 0 Å². The maximum Gasteiger partial charge on any atom is 0.303 e. The summed E-state index contributed by atoms with van der Waals surface area (Å²) in [7, 11) is 0. The van der Waals surface area contributed by atoms with Crippen LogP contribution in [0.3, 0.4) is 0 Å². The lowest BCUT2D eigenvalue weighted by molar-refractivity contribution is -0.929. The highest BCUT2D eigenvalue weighted by molar-refractivity contribution is 5.66. The van der Waals surface area contributed by atoms with Crippen LogP contribution in [0.5, 0.6) is 0 Å². The van der Waals surface area contributed by atoms with Gasteiger partial charge in [-0.3, -0.25) is 4.79 Å². The van der Waals surface area contributed by atoms with Gasteiger partial charge in [-0.05, 0) is 38.5 Å². The summed E-state index contributed by atoms with van der Waals surface area (Å²) in [4.78, 5) is 10.5. The summed E-state index contributed by atoms with van der Waals surface area (Å²) in [6.45, 7) is 12.8. The van der Waals surface area contributed by atoms with E-state index < -0.39 is 5.97 Å². The number of carbonyl (C=O) groups is 1. The molecule has 1 N–H and O–H groups in total. The van der Waals surface area contributed by atoms with Crippen LogP contribution in [0, 0.1) is 0 Å². The Hall–Kier alpha value is -0.570. The van der Waals surface area contributed by atoms with Crippen molar-refractivity contribution in [3.63, 3.8) is 0 Å². The first kappa shape index (κ1) is 34.4. The van der Waals surface area contributed by atoms with Crippen LogP contribution in [-0.2, 0) is 4.79 Å². The molecule has 0 radical (unpaired) electrons. The number of hydrogen-bond donors (Lipinski definition) is 1. The minimum Gasteiger partial charge on any atom is -0.481 e. The molecule has 0 unspecified atom stereocenters. The molecule has 0 bridgehead atoms. The Morgan fingerprint density at radius 1 is 0.429 bits per heavy atom. The first-order valence-corrected chi connectivity index (χ1v) is 16.2. The summed E-state index contributed by atoms with van der Waals surface area (Å²) in [6, 6.07) is 0. The molecule has 0 aromatic heterocycles. The van der Waals surface area contributed by atoms with Gasteiger partial charge in [-0.15, -0.1) is 0 Å². The Balaban J connectivity index is 3.59. The van der Waals surface area contributed by atoms with Gasteiger partial charge in [0.25, 0.3) is 0 Å². The van der Waals surface area contributed by atoms with Crippen molar-refractivity contribution in [2.45, 2.75) is 175 Å². The number of carboxylic acids is 1. The second-order valence-electron chi connectivity index (χ2n) is 11.5. The van der Waals surface area contributed by atoms with Gasteiger partial charge in [-0.25, -0.2) is 0 Å². The third kappa shape index (κ3) is 23.6. The van der Waals surface area contributed by atoms with Gasteiger partial charge >= 0.3 is 5.97 Å². The van der Waals surface area contributed by atoms with Crippen molar-refractivity contribution in [3.8, 4) is 0 Å². The standard InChI is InChI=1S/C32H65NO2/c1-4-7-28-33(29-8-5-2,30-9-6-3)31-26-24-22-20-18-16-14-12-10-11-13-15-17-19-21-23-25-27-32(34)35/h4-31H2,1-3H3/p+1. The van der Waals surface area contributed by atoms with Gasteiger partial charge in [0.1, 0.15) is 0 Å². The normalized spacial score (nSPS) is 11.9. The second-order valence-corrected chi connectivity index (χ2v) is 11.5. The van der Waals surface area contributed by atoms with Crippen LogP contribution in [0.4, 0.5) is 0 Å². The van der Waals surface area contributed by atoms with Crippen LogP contribution >= 0.6 is 0 Å². The molecule has 0 amide bonds. The molecule has 3 nitrogen and oxygen atoms in total. The summed E-state index contributed by atoms with van der Waals surface area (Å²) in [5, 5.41) is 8.64. The molecule has 0 heterocycles. The Kier molecular flexibility index (Phi) is 26.1. The fourth-order valence-corrected chi connectivity index (χ4v) is 5.53. The van der Waals surface area contributed by atoms with Gasteiger partial charge < -0.3 is 9.59 Å². The van der Waals surface area contributed by atoms with Gasteiger partial charge in [0, 0.05) is 6.42 Å². The highest BCUT2D eigenvalue weighted by atomic mass is 16.4. The summed E-state index contributed by atoms with van der Waals surface area (Å²) in [5.41, 5.74) is 0. The Morgan fingerprint density at radius 2 is 0.686 bits per heavy atom. The summed E-state index contributed by atoms with van der Waals surface area (Å²) >= 11 is 0. The highest BCUT2D eigenvalue weighted by Gasteiger charge is 2.24. The number of quaternary nitrogens is 1. The molecule has 3 heteroatoms. The molecule has 0 saturated heterocycles. The van der Waals surface area contributed by atoms with E-state index in [9.17, 15) is 4.79 Å². The minimum atomic E-state index is -0.649. The lowest BCUT2D eigenvalue weighted by atomic mass is 10.0. The molecule has 0 saturated carbocycles. The quantitative estimate of drug-likeness (QED) is 0.0825. The maximum atomic E-state index is 10.5. The van der Waals surface area contributed by atoms with Crippen molar-refractivity contribution in [1.29, 1.82) is 0 Å². The SMILES string of the molecule is CCCC[N+](CCCC)(CCCC)CCCCCCCCCCCCCCCCCCCC(=O)O. The van der Waals surface area contributed by atoms with Gasteiger partial charge in [-0.1, -0.05) is 130 Å². The number of carboxylic acid groups (broad SMARTS) is 1. The first-order chi connectivity index (χ1) is 17.1. The molecule has 0 aromatic carbocycles. The molecule has 0 aliphatic heterocycles. The zero-order valence-corrected chi connectivity index (χ0v) is 24.6. The van der Waals surface area contributed by atoms with Gasteiger partial charge in [0.05, 0.1) is 26.2 Å². The Bertz CT molecular complexity index is 416. The molecule has 0 aliphatic carbocycles. The van der Waals surface area contributed by atoms with E-state index in [1.54, 1.807) is 0 Å². The van der Waals surface area contributed by atoms with Crippen LogP contribution in [0.1, 0.15) is 175 Å². The largest absolute Gasteiger partial charge is 0.481 e. The van der Waals surface area contributed by atoms with Gasteiger partial charge in [0.2, 0.25) is 0 Å². The lowest BCUT2D eigenvalue weighted by Gasteiger charge is -2.39. The topological polar surface area (TPSA) is 37.3 Å². The average Bonchev–Trinajstić information content (AvgIpc) is 2.85. The second kappa shape index (κ2) is 26.5. The van der Waals surface area contributed by atoms with E-state index in [2.05, 4.69) is 20.8 Å². The first-order valence-electron chi connectivity index (χ1n) is 16.2. The van der Waals surface area contributed by atoms with Crippen molar-refractivity contribution >= 4 is 5.97 Å². The van der Waals surface area contributed by atoms with E-state index >= 15 is 0 Å². The third-order valence-corrected chi connectivity index (χ3v) is 7.98. The van der Waals surface area contributed by atoms with E-state index in [0.29, 0.717) is 6.42 Å². The molecule has 0 spiro atoms. The molecule has 0 atom stereocenters. The summed E-state index contributed by atoms with van der Waals surface area (Å²) < 4.78 is 1.42. The molecular formula is C32H66NO2+. The van der Waals surface area contributed by atoms with Crippen molar-refractivity contribution < 1.29 is 14.4 Å². The molecular weight excluding hydrogens is 430 g/mol. The fourth-order valence-electron chi connectivity index (χ4n) is 5.53. The average molecular weight is 497 g/mol. The molecule has 0 aromatic rings. The molecule has 35 heavy (non-hydrogen) atoms. The van der Waals surface area contributed by atoms with Crippen LogP contribution in [0.2, 0.25) is 0 Å².